The molecule has 176 valence electrons. The minimum absolute atomic E-state index is 0.154. The first-order valence-electron chi connectivity index (χ1n) is 11.8. The quantitative estimate of drug-likeness (QED) is 0.427. The zero-order valence-corrected chi connectivity index (χ0v) is 20.0. The first kappa shape index (κ1) is 23.2. The fraction of sp³-hybridized carbons (Fsp3) is 0.207. The Hall–Kier alpha value is -3.57. The zero-order chi connectivity index (χ0) is 24.2. The maximum absolute atomic E-state index is 13.9. The molecule has 0 unspecified atom stereocenters. The Bertz CT molecular complexity index is 1340. The molecular formula is C29H25ClFN3O. The molecule has 3 aromatic rings. The number of rotatable bonds is 6. The number of benzene rings is 2. The molecule has 2 aromatic carbocycles. The first-order chi connectivity index (χ1) is 17.0. The Kier molecular flexibility index (Phi) is 6.87. The van der Waals surface area contributed by atoms with Crippen LogP contribution in [-0.2, 0) is 30.5 Å². The molecule has 0 atom stereocenters. The molecule has 0 fully saturated rings. The minimum atomic E-state index is -0.232. The van der Waals surface area contributed by atoms with Crippen LogP contribution < -0.4 is 5.32 Å². The van der Waals surface area contributed by atoms with Crippen molar-refractivity contribution in [1.29, 1.82) is 0 Å². The van der Waals surface area contributed by atoms with Crippen LogP contribution in [0.5, 0.6) is 0 Å². The van der Waals surface area contributed by atoms with Crippen molar-refractivity contribution in [2.24, 2.45) is 0 Å². The van der Waals surface area contributed by atoms with E-state index < -0.39 is 0 Å². The molecule has 0 saturated heterocycles. The lowest BCUT2D eigenvalue weighted by Gasteiger charge is -2.22. The molecular weight excluding hydrogens is 461 g/mol. The Labute approximate surface area is 209 Å². The van der Waals surface area contributed by atoms with Gasteiger partial charge in [-0.15, -0.1) is 0 Å². The van der Waals surface area contributed by atoms with Gasteiger partial charge in [-0.3, -0.25) is 4.79 Å². The third-order valence-electron chi connectivity index (χ3n) is 6.32. The van der Waals surface area contributed by atoms with E-state index in [9.17, 15) is 9.18 Å². The van der Waals surface area contributed by atoms with Crippen molar-refractivity contribution in [1.82, 2.24) is 9.97 Å². The van der Waals surface area contributed by atoms with Crippen LogP contribution in [0.15, 0.2) is 84.2 Å². The molecule has 0 radical (unpaired) electrons. The molecule has 6 heteroatoms. The highest BCUT2D eigenvalue weighted by molar-refractivity contribution is 6.30. The lowest BCUT2D eigenvalue weighted by atomic mass is 9.90. The number of carbonyl (C=O) groups is 1. The summed E-state index contributed by atoms with van der Waals surface area (Å²) in [6, 6.07) is 17.4. The SMILES string of the molecule is O=C(Cc1ccc(Cl)cc1)Nc1nc2c(nc1CCc1ccccc1)C1=C(CC=C(F)C=C1)CC2. The number of halogens is 2. The number of nitrogens with zero attached hydrogens (tertiary/aromatic N) is 2. The second kappa shape index (κ2) is 10.4. The molecule has 5 rings (SSSR count). The average molecular weight is 486 g/mol. The molecule has 4 nitrogen and oxygen atoms in total. The smallest absolute Gasteiger partial charge is 0.229 e. The number of hydrogen-bond acceptors (Lipinski definition) is 3. The summed E-state index contributed by atoms with van der Waals surface area (Å²) >= 11 is 5.97. The lowest BCUT2D eigenvalue weighted by molar-refractivity contribution is -0.115. The fourth-order valence-corrected chi connectivity index (χ4v) is 4.60. The summed E-state index contributed by atoms with van der Waals surface area (Å²) in [7, 11) is 0. The van der Waals surface area contributed by atoms with Gasteiger partial charge in [-0.1, -0.05) is 59.6 Å². The van der Waals surface area contributed by atoms with E-state index in [4.69, 9.17) is 21.6 Å². The van der Waals surface area contributed by atoms with Gasteiger partial charge < -0.3 is 5.32 Å². The molecule has 0 saturated carbocycles. The van der Waals surface area contributed by atoms with Crippen molar-refractivity contribution in [3.05, 3.63) is 117 Å². The second-order valence-electron chi connectivity index (χ2n) is 8.79. The minimum Gasteiger partial charge on any atom is -0.309 e. The molecule has 2 aliphatic carbocycles. The van der Waals surface area contributed by atoms with E-state index in [-0.39, 0.29) is 18.2 Å². The maximum atomic E-state index is 13.9. The number of anilines is 1. The highest BCUT2D eigenvalue weighted by Crippen LogP contribution is 2.35. The van der Waals surface area contributed by atoms with Gasteiger partial charge in [0.25, 0.3) is 0 Å². The molecule has 1 heterocycles. The summed E-state index contributed by atoms with van der Waals surface area (Å²) in [6.45, 7) is 0. The summed E-state index contributed by atoms with van der Waals surface area (Å²) in [5, 5.41) is 3.64. The van der Waals surface area contributed by atoms with Gasteiger partial charge in [0.05, 0.1) is 23.5 Å². The zero-order valence-electron chi connectivity index (χ0n) is 19.2. The van der Waals surface area contributed by atoms with E-state index in [0.29, 0.717) is 30.1 Å². The van der Waals surface area contributed by atoms with Gasteiger partial charge in [0.1, 0.15) is 5.83 Å². The van der Waals surface area contributed by atoms with Crippen LogP contribution >= 0.6 is 11.6 Å². The van der Waals surface area contributed by atoms with Crippen molar-refractivity contribution in [3.63, 3.8) is 0 Å². The summed E-state index contributed by atoms with van der Waals surface area (Å²) in [5.41, 5.74) is 6.54. The van der Waals surface area contributed by atoms with E-state index in [1.165, 1.54) is 17.2 Å². The lowest BCUT2D eigenvalue weighted by Crippen LogP contribution is -2.20. The van der Waals surface area contributed by atoms with Crippen LogP contribution in [0.25, 0.3) is 5.57 Å². The van der Waals surface area contributed by atoms with Crippen LogP contribution in [0.1, 0.15) is 41.1 Å². The van der Waals surface area contributed by atoms with E-state index in [1.54, 1.807) is 24.3 Å². The third kappa shape index (κ3) is 5.57. The van der Waals surface area contributed by atoms with E-state index in [2.05, 4.69) is 17.4 Å². The van der Waals surface area contributed by atoms with Crippen molar-refractivity contribution < 1.29 is 9.18 Å². The summed E-state index contributed by atoms with van der Waals surface area (Å²) < 4.78 is 13.9. The van der Waals surface area contributed by atoms with E-state index in [0.717, 1.165) is 41.1 Å². The van der Waals surface area contributed by atoms with Crippen molar-refractivity contribution in [2.45, 2.75) is 38.5 Å². The molecule has 1 amide bonds. The van der Waals surface area contributed by atoms with Gasteiger partial charge in [0.15, 0.2) is 5.82 Å². The van der Waals surface area contributed by atoms with Gasteiger partial charge in [0, 0.05) is 10.6 Å². The second-order valence-corrected chi connectivity index (χ2v) is 9.23. The number of fused-ring (bicyclic) bond motifs is 2. The number of allylic oxidation sites excluding steroid dienone is 6. The molecule has 1 aromatic heterocycles. The number of aryl methyl sites for hydroxylation is 3. The van der Waals surface area contributed by atoms with E-state index >= 15 is 0 Å². The Morgan fingerprint density at radius 3 is 2.54 bits per heavy atom. The van der Waals surface area contributed by atoms with Gasteiger partial charge in [-0.25, -0.2) is 14.4 Å². The number of aromatic nitrogens is 2. The molecule has 0 aliphatic heterocycles. The van der Waals surface area contributed by atoms with Gasteiger partial charge in [-0.2, -0.15) is 0 Å². The predicted octanol–water partition coefficient (Wildman–Crippen LogP) is 6.61. The third-order valence-corrected chi connectivity index (χ3v) is 6.57. The summed E-state index contributed by atoms with van der Waals surface area (Å²) in [6.07, 6.45) is 8.61. The Balaban J connectivity index is 1.45. The van der Waals surface area contributed by atoms with Crippen LogP contribution in [0, 0.1) is 0 Å². The monoisotopic (exact) mass is 485 g/mol. The number of amides is 1. The maximum Gasteiger partial charge on any atom is 0.229 e. The topological polar surface area (TPSA) is 54.9 Å². The van der Waals surface area contributed by atoms with Crippen molar-refractivity contribution in [3.8, 4) is 0 Å². The van der Waals surface area contributed by atoms with Crippen LogP contribution in [0.3, 0.4) is 0 Å². The van der Waals surface area contributed by atoms with Gasteiger partial charge in [-0.05, 0) is 73.6 Å². The standard InChI is InChI=1S/C29H25ClFN3O/c30-22-11-6-20(7-12-22)18-27(35)34-29-26(16-8-19-4-2-1-3-5-19)32-28-24-15-14-23(31)13-9-21(24)10-17-25(28)33-29/h1-7,11-15H,8-10,16-18H2,(H,33,34,35). The van der Waals surface area contributed by atoms with Crippen LogP contribution in [-0.4, -0.2) is 15.9 Å². The van der Waals surface area contributed by atoms with Crippen molar-refractivity contribution in [2.75, 3.05) is 5.32 Å². The summed E-state index contributed by atoms with van der Waals surface area (Å²) in [5.74, 6) is 0.118. The normalized spacial score (nSPS) is 14.6. The number of hydrogen-bond donors (Lipinski definition) is 1. The van der Waals surface area contributed by atoms with Crippen molar-refractivity contribution >= 4 is 28.9 Å². The van der Waals surface area contributed by atoms with Crippen LogP contribution in [0.4, 0.5) is 10.2 Å². The molecule has 2 aliphatic rings. The fourth-order valence-electron chi connectivity index (χ4n) is 4.47. The first-order valence-corrected chi connectivity index (χ1v) is 12.2. The largest absolute Gasteiger partial charge is 0.309 e. The molecule has 35 heavy (non-hydrogen) atoms. The Morgan fingerprint density at radius 2 is 1.74 bits per heavy atom. The van der Waals surface area contributed by atoms with E-state index in [1.807, 2.05) is 30.3 Å². The molecule has 1 N–H and O–H groups in total. The highest BCUT2D eigenvalue weighted by atomic mass is 35.5. The molecule has 0 spiro atoms. The molecule has 0 bridgehead atoms. The van der Waals surface area contributed by atoms with Gasteiger partial charge >= 0.3 is 0 Å². The number of carbonyl (C=O) groups excluding carboxylic acids is 1. The van der Waals surface area contributed by atoms with Gasteiger partial charge in [0.2, 0.25) is 5.91 Å². The summed E-state index contributed by atoms with van der Waals surface area (Å²) in [4.78, 5) is 22.8. The average Bonchev–Trinajstić information content (AvgIpc) is 3.06. The highest BCUT2D eigenvalue weighted by Gasteiger charge is 2.24. The van der Waals surface area contributed by atoms with Crippen LogP contribution in [0.2, 0.25) is 5.02 Å². The number of nitrogens with one attached hydrogen (secondary N) is 1. The Morgan fingerprint density at radius 1 is 0.943 bits per heavy atom. The predicted molar refractivity (Wildman–Crippen MR) is 138 cm³/mol.